The average molecular weight is 213 g/mol. The molecule has 1 heterocycles. The third kappa shape index (κ3) is 1.50. The van der Waals surface area contributed by atoms with Crippen molar-refractivity contribution < 1.29 is 0 Å². The standard InChI is InChI=1S/C14H14P/c1-3-7-13(8-4-1)15(11-12-15)14-9-5-2-6-10-14/h1-10H,11-12H2/q+1. The molecule has 0 spiro atoms. The van der Waals surface area contributed by atoms with Gasteiger partial charge in [-0.2, -0.15) is 0 Å². The van der Waals surface area contributed by atoms with Crippen molar-refractivity contribution in [3.63, 3.8) is 0 Å². The zero-order chi connectivity index (χ0) is 10.1. The van der Waals surface area contributed by atoms with Crippen LogP contribution in [-0.4, -0.2) is 12.3 Å². The van der Waals surface area contributed by atoms with Gasteiger partial charge in [0.2, 0.25) is 0 Å². The molecule has 2 aromatic carbocycles. The highest BCUT2D eigenvalue weighted by atomic mass is 31.2. The van der Waals surface area contributed by atoms with Crippen molar-refractivity contribution in [2.45, 2.75) is 0 Å². The van der Waals surface area contributed by atoms with Crippen LogP contribution in [0.3, 0.4) is 0 Å². The van der Waals surface area contributed by atoms with Crippen LogP contribution in [0.2, 0.25) is 0 Å². The molecule has 0 bridgehead atoms. The number of hydrogen-bond acceptors (Lipinski definition) is 0. The van der Waals surface area contributed by atoms with Crippen LogP contribution in [0.4, 0.5) is 0 Å². The summed E-state index contributed by atoms with van der Waals surface area (Å²) in [6.45, 7) is 0. The summed E-state index contributed by atoms with van der Waals surface area (Å²) in [5.41, 5.74) is 0. The number of rotatable bonds is 2. The molecule has 2 aromatic rings. The molecule has 0 nitrogen and oxygen atoms in total. The first-order valence-electron chi connectivity index (χ1n) is 5.40. The Kier molecular flexibility index (Phi) is 2.11. The van der Waals surface area contributed by atoms with Gasteiger partial charge >= 0.3 is 0 Å². The first kappa shape index (κ1) is 9.12. The van der Waals surface area contributed by atoms with Crippen molar-refractivity contribution in [2.75, 3.05) is 12.3 Å². The normalized spacial score (nSPS) is 17.3. The molecule has 1 aliphatic rings. The molecule has 1 fully saturated rings. The highest BCUT2D eigenvalue weighted by molar-refractivity contribution is 7.95. The van der Waals surface area contributed by atoms with E-state index in [9.17, 15) is 0 Å². The third-order valence-electron chi connectivity index (χ3n) is 3.17. The molecule has 0 N–H and O–H groups in total. The van der Waals surface area contributed by atoms with E-state index in [1.54, 1.807) is 10.6 Å². The van der Waals surface area contributed by atoms with Gasteiger partial charge in [-0.1, -0.05) is 36.4 Å². The van der Waals surface area contributed by atoms with E-state index in [-0.39, 0.29) is 0 Å². The smallest absolute Gasteiger partial charge is 0.0620 e. The molecule has 74 valence electrons. The van der Waals surface area contributed by atoms with E-state index in [0.717, 1.165) is 0 Å². The molecule has 0 saturated carbocycles. The highest BCUT2D eigenvalue weighted by Crippen LogP contribution is 2.69. The van der Waals surface area contributed by atoms with E-state index in [0.29, 0.717) is 0 Å². The molecule has 1 aliphatic heterocycles. The summed E-state index contributed by atoms with van der Waals surface area (Å²) in [6.07, 6.45) is 2.81. The van der Waals surface area contributed by atoms with Gasteiger partial charge in [0.15, 0.2) is 0 Å². The van der Waals surface area contributed by atoms with Crippen LogP contribution in [-0.2, 0) is 0 Å². The first-order valence-corrected chi connectivity index (χ1v) is 7.56. The Bertz CT molecular complexity index is 402. The SMILES string of the molecule is c1ccc([P+]2(c3ccccc3)CC2)cc1. The third-order valence-corrected chi connectivity index (χ3v) is 7.09. The summed E-state index contributed by atoms with van der Waals surface area (Å²) in [7, 11) is -0.897. The quantitative estimate of drug-likeness (QED) is 0.673. The van der Waals surface area contributed by atoms with Gasteiger partial charge in [-0.3, -0.25) is 0 Å². The van der Waals surface area contributed by atoms with Crippen molar-refractivity contribution >= 4 is 17.9 Å². The number of benzene rings is 2. The monoisotopic (exact) mass is 213 g/mol. The summed E-state index contributed by atoms with van der Waals surface area (Å²) in [4.78, 5) is 0. The minimum atomic E-state index is -0.897. The van der Waals surface area contributed by atoms with Crippen LogP contribution < -0.4 is 10.6 Å². The van der Waals surface area contributed by atoms with Crippen LogP contribution in [0.25, 0.3) is 0 Å². The fourth-order valence-corrected chi connectivity index (χ4v) is 5.81. The van der Waals surface area contributed by atoms with E-state index in [1.165, 1.54) is 12.3 Å². The molecule has 1 heteroatoms. The molecule has 0 unspecified atom stereocenters. The van der Waals surface area contributed by atoms with Crippen molar-refractivity contribution in [3.8, 4) is 0 Å². The van der Waals surface area contributed by atoms with Crippen molar-refractivity contribution in [3.05, 3.63) is 60.7 Å². The lowest BCUT2D eigenvalue weighted by molar-refractivity contribution is 1.75. The summed E-state index contributed by atoms with van der Waals surface area (Å²) in [5.74, 6) is 0. The van der Waals surface area contributed by atoms with Crippen molar-refractivity contribution in [2.24, 2.45) is 0 Å². The van der Waals surface area contributed by atoms with E-state index in [4.69, 9.17) is 0 Å². The van der Waals surface area contributed by atoms with Gasteiger partial charge in [0.1, 0.15) is 12.3 Å². The van der Waals surface area contributed by atoms with Gasteiger partial charge in [-0.05, 0) is 24.3 Å². The second-order valence-electron chi connectivity index (χ2n) is 4.09. The minimum absolute atomic E-state index is 0.897. The van der Waals surface area contributed by atoms with Crippen molar-refractivity contribution in [1.82, 2.24) is 0 Å². The van der Waals surface area contributed by atoms with E-state index in [1.807, 2.05) is 0 Å². The Labute approximate surface area is 91.3 Å². The first-order chi connectivity index (χ1) is 7.42. The fourth-order valence-electron chi connectivity index (χ4n) is 2.19. The maximum absolute atomic E-state index is 2.30. The molecular weight excluding hydrogens is 199 g/mol. The molecule has 15 heavy (non-hydrogen) atoms. The lowest BCUT2D eigenvalue weighted by Gasteiger charge is -2.07. The molecular formula is C14H14P+. The van der Waals surface area contributed by atoms with Crippen LogP contribution in [0.15, 0.2) is 60.7 Å². The zero-order valence-corrected chi connectivity index (χ0v) is 9.53. The lowest BCUT2D eigenvalue weighted by atomic mass is 10.4. The fraction of sp³-hybridized carbons (Fsp3) is 0.143. The van der Waals surface area contributed by atoms with E-state index >= 15 is 0 Å². The molecule has 0 atom stereocenters. The molecule has 0 amide bonds. The van der Waals surface area contributed by atoms with Gasteiger partial charge in [-0.25, -0.2) is 0 Å². The molecule has 3 rings (SSSR count). The van der Waals surface area contributed by atoms with Crippen LogP contribution in [0.5, 0.6) is 0 Å². The molecule has 0 aromatic heterocycles. The Morgan fingerprint density at radius 1 is 0.600 bits per heavy atom. The van der Waals surface area contributed by atoms with E-state index in [2.05, 4.69) is 60.7 Å². The molecule has 1 saturated heterocycles. The van der Waals surface area contributed by atoms with Gasteiger partial charge in [0, 0.05) is 0 Å². The van der Waals surface area contributed by atoms with Crippen LogP contribution in [0.1, 0.15) is 0 Å². The molecule has 0 aliphatic carbocycles. The predicted molar refractivity (Wildman–Crippen MR) is 68.8 cm³/mol. The number of hydrogen-bond donors (Lipinski definition) is 0. The average Bonchev–Trinajstić information content (AvgIpc) is 3.13. The maximum atomic E-state index is 2.30. The van der Waals surface area contributed by atoms with Crippen LogP contribution in [0, 0.1) is 0 Å². The van der Waals surface area contributed by atoms with Gasteiger partial charge in [0.05, 0.1) is 17.9 Å². The largest absolute Gasteiger partial charge is 0.103 e. The summed E-state index contributed by atoms with van der Waals surface area (Å²) in [6, 6.07) is 22.1. The second kappa shape index (κ2) is 3.47. The Morgan fingerprint density at radius 2 is 1.00 bits per heavy atom. The van der Waals surface area contributed by atoms with E-state index < -0.39 is 7.26 Å². The Morgan fingerprint density at radius 3 is 1.33 bits per heavy atom. The lowest BCUT2D eigenvalue weighted by Crippen LogP contribution is -2.12. The topological polar surface area (TPSA) is 0 Å². The highest BCUT2D eigenvalue weighted by Gasteiger charge is 2.55. The van der Waals surface area contributed by atoms with Gasteiger partial charge in [0.25, 0.3) is 0 Å². The summed E-state index contributed by atoms with van der Waals surface area (Å²) in [5, 5.41) is 3.16. The maximum Gasteiger partial charge on any atom is 0.103 e. The molecule has 0 radical (unpaired) electrons. The Balaban J connectivity index is 2.06. The van der Waals surface area contributed by atoms with Crippen molar-refractivity contribution in [1.29, 1.82) is 0 Å². The summed E-state index contributed by atoms with van der Waals surface area (Å²) < 4.78 is 0. The van der Waals surface area contributed by atoms with Gasteiger partial charge in [-0.15, -0.1) is 0 Å². The van der Waals surface area contributed by atoms with Crippen LogP contribution >= 0.6 is 7.26 Å². The zero-order valence-electron chi connectivity index (χ0n) is 8.63. The predicted octanol–water partition coefficient (Wildman–Crippen LogP) is 2.67. The second-order valence-corrected chi connectivity index (χ2v) is 7.95. The Hall–Kier alpha value is -1.13. The summed E-state index contributed by atoms with van der Waals surface area (Å²) >= 11 is 0. The minimum Gasteiger partial charge on any atom is -0.0620 e. The van der Waals surface area contributed by atoms with Gasteiger partial charge < -0.3 is 0 Å².